The summed E-state index contributed by atoms with van der Waals surface area (Å²) < 4.78 is 13.0. The van der Waals surface area contributed by atoms with Crippen LogP contribution in [-0.2, 0) is 4.79 Å². The summed E-state index contributed by atoms with van der Waals surface area (Å²) in [7, 11) is 0. The summed E-state index contributed by atoms with van der Waals surface area (Å²) in [5.41, 5.74) is 10.3. The second kappa shape index (κ2) is 3.81. The minimum atomic E-state index is -1.35. The Labute approximate surface area is 84.3 Å². The molecule has 0 radical (unpaired) electrons. The van der Waals surface area contributed by atoms with Crippen molar-refractivity contribution < 1.29 is 14.3 Å². The molecular formula is C8H8ClFN2O2. The molecule has 0 unspecified atom stereocenters. The number of carboxylic acids is 1. The van der Waals surface area contributed by atoms with Crippen LogP contribution >= 0.6 is 11.6 Å². The van der Waals surface area contributed by atoms with E-state index in [1.165, 1.54) is 0 Å². The van der Waals surface area contributed by atoms with Crippen LogP contribution in [0.5, 0.6) is 0 Å². The lowest BCUT2D eigenvalue weighted by atomic mass is 10.1. The summed E-state index contributed by atoms with van der Waals surface area (Å²) in [6.07, 6.45) is 0. The summed E-state index contributed by atoms with van der Waals surface area (Å²) in [6.45, 7) is 0. The molecule has 0 aliphatic rings. The highest BCUT2D eigenvalue weighted by atomic mass is 35.5. The quantitative estimate of drug-likeness (QED) is 0.650. The van der Waals surface area contributed by atoms with Crippen molar-refractivity contribution in [1.29, 1.82) is 0 Å². The summed E-state index contributed by atoms with van der Waals surface area (Å²) in [5.74, 6) is -2.02. The minimum Gasteiger partial charge on any atom is -0.480 e. The van der Waals surface area contributed by atoms with Crippen LogP contribution < -0.4 is 11.5 Å². The first-order chi connectivity index (χ1) is 6.43. The Morgan fingerprint density at radius 1 is 1.57 bits per heavy atom. The summed E-state index contributed by atoms with van der Waals surface area (Å²) in [6, 6.07) is 0.712. The average molecular weight is 219 g/mol. The monoisotopic (exact) mass is 218 g/mol. The van der Waals surface area contributed by atoms with E-state index in [-0.39, 0.29) is 16.3 Å². The van der Waals surface area contributed by atoms with E-state index >= 15 is 0 Å². The third-order valence-corrected chi connectivity index (χ3v) is 2.04. The highest BCUT2D eigenvalue weighted by molar-refractivity contribution is 6.31. The Hall–Kier alpha value is -1.33. The molecule has 14 heavy (non-hydrogen) atoms. The van der Waals surface area contributed by atoms with Gasteiger partial charge < -0.3 is 16.6 Å². The summed E-state index contributed by atoms with van der Waals surface area (Å²) in [4.78, 5) is 10.5. The molecule has 0 spiro atoms. The number of nitrogen functional groups attached to an aromatic ring is 1. The van der Waals surface area contributed by atoms with Crippen molar-refractivity contribution in [3.05, 3.63) is 28.5 Å². The number of halogens is 2. The lowest BCUT2D eigenvalue weighted by molar-refractivity contribution is -0.138. The van der Waals surface area contributed by atoms with E-state index in [0.717, 1.165) is 12.1 Å². The van der Waals surface area contributed by atoms with Gasteiger partial charge in [-0.25, -0.2) is 4.39 Å². The highest BCUT2D eigenvalue weighted by Gasteiger charge is 2.19. The van der Waals surface area contributed by atoms with Gasteiger partial charge in [0.15, 0.2) is 0 Å². The highest BCUT2D eigenvalue weighted by Crippen LogP contribution is 2.26. The van der Waals surface area contributed by atoms with Crippen LogP contribution in [-0.4, -0.2) is 11.1 Å². The first kappa shape index (κ1) is 10.7. The van der Waals surface area contributed by atoms with E-state index in [1.807, 2.05) is 0 Å². The van der Waals surface area contributed by atoms with Gasteiger partial charge in [-0.3, -0.25) is 4.79 Å². The molecular weight excluding hydrogens is 211 g/mol. The smallest absolute Gasteiger partial charge is 0.325 e. The molecule has 0 amide bonds. The van der Waals surface area contributed by atoms with Crippen molar-refractivity contribution >= 4 is 23.3 Å². The predicted molar refractivity (Wildman–Crippen MR) is 50.4 cm³/mol. The van der Waals surface area contributed by atoms with Gasteiger partial charge in [0.25, 0.3) is 0 Å². The van der Waals surface area contributed by atoms with Crippen LogP contribution in [0.1, 0.15) is 11.6 Å². The standard InChI is InChI=1S/C8H8ClFN2O2/c9-4-2-6(11)5(10)1-3(4)7(12)8(13)14/h1-2,7H,11-12H2,(H,13,14)/t7-/m0/s1. The molecule has 0 aliphatic carbocycles. The zero-order chi connectivity index (χ0) is 10.9. The molecule has 0 bridgehead atoms. The van der Waals surface area contributed by atoms with E-state index in [9.17, 15) is 9.18 Å². The number of rotatable bonds is 2. The molecule has 0 fully saturated rings. The molecule has 0 heterocycles. The van der Waals surface area contributed by atoms with Crippen molar-refractivity contribution in [3.8, 4) is 0 Å². The van der Waals surface area contributed by atoms with Crippen molar-refractivity contribution in [1.82, 2.24) is 0 Å². The topological polar surface area (TPSA) is 89.3 Å². The Morgan fingerprint density at radius 2 is 2.14 bits per heavy atom. The SMILES string of the molecule is Nc1cc(Cl)c([C@H](N)C(=O)O)cc1F. The van der Waals surface area contributed by atoms with Crippen LogP contribution in [0, 0.1) is 5.82 Å². The summed E-state index contributed by atoms with van der Waals surface area (Å²) >= 11 is 5.65. The lowest BCUT2D eigenvalue weighted by Gasteiger charge is -2.09. The van der Waals surface area contributed by atoms with Gasteiger partial charge in [-0.05, 0) is 12.1 Å². The first-order valence-electron chi connectivity index (χ1n) is 3.66. The molecule has 1 aromatic rings. The average Bonchev–Trinajstić information content (AvgIpc) is 2.10. The Balaban J connectivity index is 3.22. The Morgan fingerprint density at radius 3 is 2.64 bits per heavy atom. The van der Waals surface area contributed by atoms with Crippen molar-refractivity contribution in [3.63, 3.8) is 0 Å². The number of aliphatic carboxylic acids is 1. The van der Waals surface area contributed by atoms with Crippen molar-refractivity contribution in [2.75, 3.05) is 5.73 Å². The van der Waals surface area contributed by atoms with Gasteiger partial charge in [0, 0.05) is 10.6 Å². The first-order valence-corrected chi connectivity index (χ1v) is 4.04. The Kier molecular flexibility index (Phi) is 2.93. The van der Waals surface area contributed by atoms with Crippen molar-refractivity contribution in [2.45, 2.75) is 6.04 Å². The summed E-state index contributed by atoms with van der Waals surface area (Å²) in [5, 5.41) is 8.62. The molecule has 76 valence electrons. The number of carbonyl (C=O) groups is 1. The maximum absolute atomic E-state index is 13.0. The van der Waals surface area contributed by atoms with Gasteiger partial charge in [-0.15, -0.1) is 0 Å². The van der Waals surface area contributed by atoms with E-state index in [0.29, 0.717) is 0 Å². The van der Waals surface area contributed by atoms with E-state index in [2.05, 4.69) is 0 Å². The Bertz CT molecular complexity index is 384. The molecule has 6 heteroatoms. The maximum Gasteiger partial charge on any atom is 0.325 e. The van der Waals surface area contributed by atoms with Gasteiger partial charge in [0.2, 0.25) is 0 Å². The molecule has 0 saturated carbocycles. The number of hydrogen-bond acceptors (Lipinski definition) is 3. The van der Waals surface area contributed by atoms with Crippen LogP contribution in [0.3, 0.4) is 0 Å². The molecule has 0 saturated heterocycles. The zero-order valence-electron chi connectivity index (χ0n) is 7.00. The molecule has 0 aliphatic heterocycles. The van der Waals surface area contributed by atoms with Crippen LogP contribution in [0.2, 0.25) is 5.02 Å². The molecule has 4 nitrogen and oxygen atoms in total. The molecule has 1 atom stereocenters. The van der Waals surface area contributed by atoms with Crippen LogP contribution in [0.25, 0.3) is 0 Å². The largest absolute Gasteiger partial charge is 0.480 e. The van der Waals surface area contributed by atoms with Gasteiger partial charge in [0.1, 0.15) is 11.9 Å². The van der Waals surface area contributed by atoms with E-state index < -0.39 is 17.8 Å². The number of nitrogens with two attached hydrogens (primary N) is 2. The molecule has 5 N–H and O–H groups in total. The zero-order valence-corrected chi connectivity index (χ0v) is 7.75. The maximum atomic E-state index is 13.0. The van der Waals surface area contributed by atoms with E-state index in [1.54, 1.807) is 0 Å². The van der Waals surface area contributed by atoms with Gasteiger partial charge in [0.05, 0.1) is 5.69 Å². The number of anilines is 1. The van der Waals surface area contributed by atoms with Crippen LogP contribution in [0.4, 0.5) is 10.1 Å². The molecule has 1 aromatic carbocycles. The van der Waals surface area contributed by atoms with Gasteiger partial charge in [-0.1, -0.05) is 11.6 Å². The van der Waals surface area contributed by atoms with Gasteiger partial charge >= 0.3 is 5.97 Å². The normalized spacial score (nSPS) is 12.5. The predicted octanol–water partition coefficient (Wildman–Crippen LogP) is 1.15. The van der Waals surface area contributed by atoms with Gasteiger partial charge in [-0.2, -0.15) is 0 Å². The number of hydrogen-bond donors (Lipinski definition) is 3. The lowest BCUT2D eigenvalue weighted by Crippen LogP contribution is -2.21. The van der Waals surface area contributed by atoms with Crippen molar-refractivity contribution in [2.24, 2.45) is 5.73 Å². The van der Waals surface area contributed by atoms with Crippen LogP contribution in [0.15, 0.2) is 12.1 Å². The molecule has 0 aromatic heterocycles. The third-order valence-electron chi connectivity index (χ3n) is 1.72. The number of carboxylic acid groups (broad SMARTS) is 1. The fraction of sp³-hybridized carbons (Fsp3) is 0.125. The second-order valence-electron chi connectivity index (χ2n) is 2.71. The number of benzene rings is 1. The minimum absolute atomic E-state index is 0.00543. The fourth-order valence-corrected chi connectivity index (χ4v) is 1.24. The fourth-order valence-electron chi connectivity index (χ4n) is 0.949. The third kappa shape index (κ3) is 1.94. The van der Waals surface area contributed by atoms with E-state index in [4.69, 9.17) is 28.2 Å². The second-order valence-corrected chi connectivity index (χ2v) is 3.12. The molecule has 1 rings (SSSR count).